The molecule has 2 aliphatic rings. The zero-order valence-electron chi connectivity index (χ0n) is 8.83. The second-order valence-electron chi connectivity index (χ2n) is 5.03. The minimum absolute atomic E-state index is 0.126. The number of carboxylic acid groups (broad SMARTS) is 1. The molecule has 1 unspecified atom stereocenters. The first-order chi connectivity index (χ1) is 6.61. The Morgan fingerprint density at radius 3 is 2.57 bits per heavy atom. The molecule has 2 fully saturated rings. The standard InChI is InChI=1S/C11H19NO2/c1-9-3-6-12(9)8-11(4-2-5-11)7-10(13)14/h9H,2-8H2,1H3,(H,13,14). The van der Waals surface area contributed by atoms with Crippen molar-refractivity contribution < 1.29 is 9.90 Å². The van der Waals surface area contributed by atoms with Gasteiger partial charge in [0.1, 0.15) is 0 Å². The Bertz CT molecular complexity index is 235. The first-order valence-corrected chi connectivity index (χ1v) is 5.57. The molecule has 0 aromatic heterocycles. The fourth-order valence-corrected chi connectivity index (χ4v) is 2.62. The summed E-state index contributed by atoms with van der Waals surface area (Å²) in [7, 11) is 0. The largest absolute Gasteiger partial charge is 0.481 e. The van der Waals surface area contributed by atoms with E-state index < -0.39 is 5.97 Å². The van der Waals surface area contributed by atoms with E-state index in [4.69, 9.17) is 5.11 Å². The molecule has 1 aliphatic heterocycles. The lowest BCUT2D eigenvalue weighted by molar-refractivity contribution is -0.142. The van der Waals surface area contributed by atoms with Crippen molar-refractivity contribution in [3.8, 4) is 0 Å². The monoisotopic (exact) mass is 197 g/mol. The van der Waals surface area contributed by atoms with Crippen molar-refractivity contribution in [1.82, 2.24) is 4.90 Å². The Labute approximate surface area is 85.1 Å². The van der Waals surface area contributed by atoms with Crippen LogP contribution in [-0.4, -0.2) is 35.1 Å². The third kappa shape index (κ3) is 1.78. The maximum absolute atomic E-state index is 10.8. The number of carboxylic acids is 1. The molecular weight excluding hydrogens is 178 g/mol. The summed E-state index contributed by atoms with van der Waals surface area (Å²) in [5.41, 5.74) is 0.126. The maximum Gasteiger partial charge on any atom is 0.303 e. The Kier molecular flexibility index (Phi) is 2.52. The molecule has 0 aromatic rings. The van der Waals surface area contributed by atoms with Gasteiger partial charge in [0.05, 0.1) is 6.42 Å². The topological polar surface area (TPSA) is 40.5 Å². The van der Waals surface area contributed by atoms with Gasteiger partial charge >= 0.3 is 5.97 Å². The van der Waals surface area contributed by atoms with E-state index in [1.165, 1.54) is 19.4 Å². The highest BCUT2D eigenvalue weighted by Crippen LogP contribution is 2.45. The Morgan fingerprint density at radius 1 is 1.57 bits per heavy atom. The summed E-state index contributed by atoms with van der Waals surface area (Å²) in [6.45, 7) is 4.42. The number of hydrogen-bond acceptors (Lipinski definition) is 2. The lowest BCUT2D eigenvalue weighted by atomic mass is 9.66. The van der Waals surface area contributed by atoms with Crippen molar-refractivity contribution in [3.05, 3.63) is 0 Å². The number of carbonyl (C=O) groups is 1. The quantitative estimate of drug-likeness (QED) is 0.746. The van der Waals surface area contributed by atoms with Gasteiger partial charge in [-0.25, -0.2) is 0 Å². The molecule has 1 heterocycles. The molecule has 1 N–H and O–H groups in total. The van der Waals surface area contributed by atoms with Gasteiger partial charge in [0, 0.05) is 12.6 Å². The van der Waals surface area contributed by atoms with Crippen LogP contribution in [0.25, 0.3) is 0 Å². The second-order valence-corrected chi connectivity index (χ2v) is 5.03. The molecule has 1 saturated carbocycles. The van der Waals surface area contributed by atoms with Gasteiger partial charge in [-0.05, 0) is 38.1 Å². The fourth-order valence-electron chi connectivity index (χ4n) is 2.62. The van der Waals surface area contributed by atoms with Crippen molar-refractivity contribution >= 4 is 5.97 Å². The van der Waals surface area contributed by atoms with Crippen LogP contribution in [0.2, 0.25) is 0 Å². The molecular formula is C11H19NO2. The number of likely N-dealkylation sites (tertiary alicyclic amines) is 1. The minimum atomic E-state index is -0.627. The number of hydrogen-bond donors (Lipinski definition) is 1. The zero-order valence-corrected chi connectivity index (χ0v) is 8.83. The van der Waals surface area contributed by atoms with Crippen LogP contribution in [-0.2, 0) is 4.79 Å². The number of nitrogens with zero attached hydrogens (tertiary/aromatic N) is 1. The van der Waals surface area contributed by atoms with Gasteiger partial charge in [0.25, 0.3) is 0 Å². The molecule has 3 nitrogen and oxygen atoms in total. The Balaban J connectivity index is 1.88. The van der Waals surface area contributed by atoms with Crippen molar-refractivity contribution in [3.63, 3.8) is 0 Å². The highest BCUT2D eigenvalue weighted by molar-refractivity contribution is 5.68. The van der Waals surface area contributed by atoms with Crippen molar-refractivity contribution in [2.75, 3.05) is 13.1 Å². The number of aliphatic carboxylic acids is 1. The zero-order chi connectivity index (χ0) is 10.2. The lowest BCUT2D eigenvalue weighted by Gasteiger charge is -2.49. The normalized spacial score (nSPS) is 30.5. The van der Waals surface area contributed by atoms with Crippen molar-refractivity contribution in [2.24, 2.45) is 5.41 Å². The molecule has 14 heavy (non-hydrogen) atoms. The molecule has 0 spiro atoms. The maximum atomic E-state index is 10.8. The van der Waals surface area contributed by atoms with Crippen LogP contribution in [0, 0.1) is 5.41 Å². The third-order valence-corrected chi connectivity index (χ3v) is 3.94. The van der Waals surface area contributed by atoms with E-state index in [0.29, 0.717) is 12.5 Å². The van der Waals surface area contributed by atoms with Crippen LogP contribution >= 0.6 is 0 Å². The Morgan fingerprint density at radius 2 is 2.29 bits per heavy atom. The van der Waals surface area contributed by atoms with Crippen molar-refractivity contribution in [2.45, 2.75) is 45.1 Å². The van der Waals surface area contributed by atoms with Gasteiger partial charge in [-0.2, -0.15) is 0 Å². The summed E-state index contributed by atoms with van der Waals surface area (Å²) in [6, 6.07) is 0.682. The van der Waals surface area contributed by atoms with Gasteiger partial charge in [0.15, 0.2) is 0 Å². The summed E-state index contributed by atoms with van der Waals surface area (Å²) in [5.74, 6) is -0.627. The first-order valence-electron chi connectivity index (χ1n) is 5.57. The van der Waals surface area contributed by atoms with E-state index in [-0.39, 0.29) is 5.41 Å². The van der Waals surface area contributed by atoms with Gasteiger partial charge in [-0.1, -0.05) is 6.42 Å². The molecule has 80 valence electrons. The molecule has 0 aromatic carbocycles. The molecule has 0 radical (unpaired) electrons. The average molecular weight is 197 g/mol. The van der Waals surface area contributed by atoms with Crippen LogP contribution in [0.5, 0.6) is 0 Å². The van der Waals surface area contributed by atoms with Crippen LogP contribution in [0.4, 0.5) is 0 Å². The lowest BCUT2D eigenvalue weighted by Crippen LogP contribution is -2.53. The third-order valence-electron chi connectivity index (χ3n) is 3.94. The first kappa shape index (κ1) is 9.97. The molecule has 1 saturated heterocycles. The van der Waals surface area contributed by atoms with E-state index in [9.17, 15) is 4.79 Å². The summed E-state index contributed by atoms with van der Waals surface area (Å²) in [4.78, 5) is 13.2. The second kappa shape index (κ2) is 3.54. The van der Waals surface area contributed by atoms with Crippen LogP contribution in [0.3, 0.4) is 0 Å². The van der Waals surface area contributed by atoms with E-state index in [1.54, 1.807) is 0 Å². The van der Waals surface area contributed by atoms with Gasteiger partial charge in [-0.3, -0.25) is 9.69 Å². The predicted octanol–water partition coefficient (Wildman–Crippen LogP) is 1.73. The van der Waals surface area contributed by atoms with E-state index in [0.717, 1.165) is 19.4 Å². The minimum Gasteiger partial charge on any atom is -0.481 e. The molecule has 2 rings (SSSR count). The predicted molar refractivity (Wildman–Crippen MR) is 54.2 cm³/mol. The van der Waals surface area contributed by atoms with Gasteiger partial charge in [-0.15, -0.1) is 0 Å². The molecule has 3 heteroatoms. The fraction of sp³-hybridized carbons (Fsp3) is 0.909. The van der Waals surface area contributed by atoms with Gasteiger partial charge in [0.2, 0.25) is 0 Å². The molecule has 1 aliphatic carbocycles. The van der Waals surface area contributed by atoms with E-state index in [1.807, 2.05) is 0 Å². The van der Waals surface area contributed by atoms with Crippen LogP contribution in [0.1, 0.15) is 39.0 Å². The summed E-state index contributed by atoms with van der Waals surface area (Å²) in [5, 5.41) is 8.87. The SMILES string of the molecule is CC1CCN1CC1(CC(=O)O)CCC1. The summed E-state index contributed by atoms with van der Waals surface area (Å²) < 4.78 is 0. The molecule has 0 bridgehead atoms. The number of rotatable bonds is 4. The van der Waals surface area contributed by atoms with Crippen molar-refractivity contribution in [1.29, 1.82) is 0 Å². The van der Waals surface area contributed by atoms with E-state index >= 15 is 0 Å². The highest BCUT2D eigenvalue weighted by atomic mass is 16.4. The summed E-state index contributed by atoms with van der Waals surface area (Å²) >= 11 is 0. The van der Waals surface area contributed by atoms with Crippen LogP contribution in [0.15, 0.2) is 0 Å². The highest BCUT2D eigenvalue weighted by Gasteiger charge is 2.42. The average Bonchev–Trinajstić information content (AvgIpc) is 2.06. The summed E-state index contributed by atoms with van der Waals surface area (Å²) in [6.07, 6.45) is 5.10. The smallest absolute Gasteiger partial charge is 0.303 e. The molecule has 0 amide bonds. The molecule has 1 atom stereocenters. The Hall–Kier alpha value is -0.570. The van der Waals surface area contributed by atoms with E-state index in [2.05, 4.69) is 11.8 Å². The van der Waals surface area contributed by atoms with Gasteiger partial charge < -0.3 is 5.11 Å². The van der Waals surface area contributed by atoms with Crippen LogP contribution < -0.4 is 0 Å².